The SMILES string of the molecule is COCOc1c(C=Cc2cc(OC)c(OC)c(OC)c2)ccc(OC)c1OCOC. The predicted molar refractivity (Wildman–Crippen MR) is 113 cm³/mol. The Morgan fingerprint density at radius 3 is 1.67 bits per heavy atom. The Morgan fingerprint density at radius 1 is 0.600 bits per heavy atom. The molecular formula is C22H28O8. The molecule has 2 aromatic carbocycles. The van der Waals surface area contributed by atoms with Gasteiger partial charge >= 0.3 is 0 Å². The lowest BCUT2D eigenvalue weighted by Crippen LogP contribution is -2.07. The monoisotopic (exact) mass is 420 g/mol. The van der Waals surface area contributed by atoms with E-state index < -0.39 is 0 Å². The summed E-state index contributed by atoms with van der Waals surface area (Å²) in [6.45, 7) is 0.0846. The van der Waals surface area contributed by atoms with E-state index in [0.29, 0.717) is 34.5 Å². The fourth-order valence-electron chi connectivity index (χ4n) is 2.76. The lowest BCUT2D eigenvalue weighted by molar-refractivity contribution is 0.0306. The van der Waals surface area contributed by atoms with Crippen LogP contribution < -0.4 is 28.4 Å². The molecule has 2 aromatic rings. The summed E-state index contributed by atoms with van der Waals surface area (Å²) in [4.78, 5) is 0. The van der Waals surface area contributed by atoms with E-state index in [9.17, 15) is 0 Å². The van der Waals surface area contributed by atoms with Crippen LogP contribution in [0.25, 0.3) is 12.2 Å². The summed E-state index contributed by atoms with van der Waals surface area (Å²) in [5, 5.41) is 0. The van der Waals surface area contributed by atoms with Gasteiger partial charge in [-0.2, -0.15) is 0 Å². The first-order valence-electron chi connectivity index (χ1n) is 9.06. The van der Waals surface area contributed by atoms with Crippen LogP contribution >= 0.6 is 0 Å². The molecule has 0 aromatic heterocycles. The average Bonchev–Trinajstić information content (AvgIpc) is 2.79. The van der Waals surface area contributed by atoms with E-state index in [-0.39, 0.29) is 13.6 Å². The summed E-state index contributed by atoms with van der Waals surface area (Å²) in [5.74, 6) is 3.06. The van der Waals surface area contributed by atoms with Gasteiger partial charge in [-0.05, 0) is 29.8 Å². The van der Waals surface area contributed by atoms with Crippen molar-refractivity contribution in [1.82, 2.24) is 0 Å². The molecule has 0 saturated carbocycles. The third kappa shape index (κ3) is 5.49. The highest BCUT2D eigenvalue weighted by Crippen LogP contribution is 2.42. The van der Waals surface area contributed by atoms with E-state index in [4.69, 9.17) is 37.9 Å². The molecule has 2 rings (SSSR count). The smallest absolute Gasteiger partial charge is 0.206 e. The molecule has 0 saturated heterocycles. The number of benzene rings is 2. The number of rotatable bonds is 12. The van der Waals surface area contributed by atoms with Crippen molar-refractivity contribution in [2.75, 3.05) is 56.2 Å². The first kappa shape index (κ1) is 23.2. The van der Waals surface area contributed by atoms with Gasteiger partial charge < -0.3 is 37.9 Å². The van der Waals surface area contributed by atoms with Crippen LogP contribution in [0.3, 0.4) is 0 Å². The number of methoxy groups -OCH3 is 6. The molecule has 0 radical (unpaired) electrons. The second-order valence-electron chi connectivity index (χ2n) is 5.91. The van der Waals surface area contributed by atoms with Crippen LogP contribution in [0.15, 0.2) is 24.3 Å². The zero-order chi connectivity index (χ0) is 21.9. The molecule has 8 nitrogen and oxygen atoms in total. The van der Waals surface area contributed by atoms with Crippen molar-refractivity contribution < 1.29 is 37.9 Å². The van der Waals surface area contributed by atoms with E-state index in [1.165, 1.54) is 7.11 Å². The lowest BCUT2D eigenvalue weighted by Gasteiger charge is -2.17. The summed E-state index contributed by atoms with van der Waals surface area (Å²) in [5.41, 5.74) is 1.60. The number of hydrogen-bond donors (Lipinski definition) is 0. The van der Waals surface area contributed by atoms with E-state index in [1.54, 1.807) is 41.6 Å². The Hall–Kier alpha value is -3.10. The highest BCUT2D eigenvalue weighted by molar-refractivity contribution is 5.77. The largest absolute Gasteiger partial charge is 0.493 e. The minimum Gasteiger partial charge on any atom is -0.493 e. The van der Waals surface area contributed by atoms with Crippen LogP contribution in [0.5, 0.6) is 34.5 Å². The molecule has 0 aliphatic carbocycles. The van der Waals surface area contributed by atoms with E-state index >= 15 is 0 Å². The number of ether oxygens (including phenoxy) is 8. The molecule has 0 amide bonds. The van der Waals surface area contributed by atoms with Gasteiger partial charge in [0.05, 0.1) is 28.4 Å². The maximum absolute atomic E-state index is 5.77. The first-order valence-corrected chi connectivity index (χ1v) is 9.06. The molecule has 0 heterocycles. The Kier molecular flexibility index (Phi) is 9.11. The van der Waals surface area contributed by atoms with Gasteiger partial charge in [0.25, 0.3) is 0 Å². The third-order valence-corrected chi connectivity index (χ3v) is 4.11. The topological polar surface area (TPSA) is 73.8 Å². The average molecular weight is 420 g/mol. The quantitative estimate of drug-likeness (QED) is 0.379. The van der Waals surface area contributed by atoms with E-state index in [2.05, 4.69) is 0 Å². The van der Waals surface area contributed by atoms with Crippen LogP contribution in [0.4, 0.5) is 0 Å². The van der Waals surface area contributed by atoms with Gasteiger partial charge in [0.1, 0.15) is 0 Å². The maximum atomic E-state index is 5.77. The fourth-order valence-corrected chi connectivity index (χ4v) is 2.76. The number of hydrogen-bond acceptors (Lipinski definition) is 8. The van der Waals surface area contributed by atoms with Crippen molar-refractivity contribution in [3.05, 3.63) is 35.4 Å². The molecule has 8 heteroatoms. The molecule has 0 N–H and O–H groups in total. The van der Waals surface area contributed by atoms with Crippen LogP contribution in [0, 0.1) is 0 Å². The molecule has 164 valence electrons. The van der Waals surface area contributed by atoms with Crippen molar-refractivity contribution >= 4 is 12.2 Å². The normalized spacial score (nSPS) is 10.7. The fraction of sp³-hybridized carbons (Fsp3) is 0.364. The van der Waals surface area contributed by atoms with Crippen molar-refractivity contribution in [3.63, 3.8) is 0 Å². The molecule has 0 unspecified atom stereocenters. The van der Waals surface area contributed by atoms with Gasteiger partial charge in [-0.3, -0.25) is 0 Å². The summed E-state index contributed by atoms with van der Waals surface area (Å²) in [6, 6.07) is 7.34. The van der Waals surface area contributed by atoms with Gasteiger partial charge in [-0.1, -0.05) is 12.2 Å². The molecule has 0 aliphatic rings. The molecule has 0 atom stereocenters. The molecule has 0 spiro atoms. The zero-order valence-corrected chi connectivity index (χ0v) is 18.1. The summed E-state index contributed by atoms with van der Waals surface area (Å²) in [6.07, 6.45) is 3.77. The Bertz CT molecular complexity index is 822. The Labute approximate surface area is 176 Å². The lowest BCUT2D eigenvalue weighted by atomic mass is 10.1. The zero-order valence-electron chi connectivity index (χ0n) is 18.1. The Morgan fingerprint density at radius 2 is 1.17 bits per heavy atom. The van der Waals surface area contributed by atoms with E-state index in [0.717, 1.165) is 11.1 Å². The van der Waals surface area contributed by atoms with Crippen LogP contribution in [0.1, 0.15) is 11.1 Å². The first-order chi connectivity index (χ1) is 14.6. The summed E-state index contributed by atoms with van der Waals surface area (Å²) >= 11 is 0. The summed E-state index contributed by atoms with van der Waals surface area (Å²) in [7, 11) is 9.35. The van der Waals surface area contributed by atoms with Crippen molar-refractivity contribution in [2.45, 2.75) is 0 Å². The van der Waals surface area contributed by atoms with E-state index in [1.807, 2.05) is 30.4 Å². The van der Waals surface area contributed by atoms with Gasteiger partial charge in [-0.25, -0.2) is 0 Å². The van der Waals surface area contributed by atoms with Gasteiger partial charge in [0, 0.05) is 19.8 Å². The Balaban J connectivity index is 2.49. The van der Waals surface area contributed by atoms with Crippen molar-refractivity contribution in [2.24, 2.45) is 0 Å². The van der Waals surface area contributed by atoms with Crippen LogP contribution in [-0.2, 0) is 9.47 Å². The standard InChI is InChI=1S/C22H28O8/c1-23-13-29-20-16(9-10-17(25-3)22(20)30-14-24-2)8-7-15-11-18(26-4)21(28-6)19(12-15)27-5/h7-12H,13-14H2,1-6H3. The highest BCUT2D eigenvalue weighted by atomic mass is 16.7. The molecule has 30 heavy (non-hydrogen) atoms. The predicted octanol–water partition coefficient (Wildman–Crippen LogP) is 3.86. The molecule has 0 bridgehead atoms. The molecule has 0 fully saturated rings. The summed E-state index contributed by atoms with van der Waals surface area (Å²) < 4.78 is 43.1. The second kappa shape index (κ2) is 11.8. The van der Waals surface area contributed by atoms with Crippen molar-refractivity contribution in [1.29, 1.82) is 0 Å². The highest BCUT2D eigenvalue weighted by Gasteiger charge is 2.17. The second-order valence-corrected chi connectivity index (χ2v) is 5.91. The van der Waals surface area contributed by atoms with Crippen LogP contribution in [0.2, 0.25) is 0 Å². The molecular weight excluding hydrogens is 392 g/mol. The van der Waals surface area contributed by atoms with Gasteiger partial charge in [0.2, 0.25) is 11.5 Å². The molecule has 0 aliphatic heterocycles. The minimum atomic E-state index is 0.0414. The van der Waals surface area contributed by atoms with Gasteiger partial charge in [0.15, 0.2) is 36.6 Å². The van der Waals surface area contributed by atoms with Crippen molar-refractivity contribution in [3.8, 4) is 34.5 Å². The maximum Gasteiger partial charge on any atom is 0.206 e. The van der Waals surface area contributed by atoms with Crippen LogP contribution in [-0.4, -0.2) is 56.2 Å². The minimum absolute atomic E-state index is 0.0414. The third-order valence-electron chi connectivity index (χ3n) is 4.11. The van der Waals surface area contributed by atoms with Gasteiger partial charge in [-0.15, -0.1) is 0 Å².